The smallest absolute Gasteiger partial charge is 0.272 e. The second kappa shape index (κ2) is 6.44. The highest BCUT2D eigenvalue weighted by molar-refractivity contribution is 6.31. The third-order valence-corrected chi connectivity index (χ3v) is 2.96. The Kier molecular flexibility index (Phi) is 4.63. The van der Waals surface area contributed by atoms with E-state index in [1.54, 1.807) is 23.9 Å². The fourth-order valence-corrected chi connectivity index (χ4v) is 2.04. The van der Waals surface area contributed by atoms with Crippen molar-refractivity contribution in [3.8, 4) is 11.8 Å². The average molecular weight is 306 g/mol. The molecule has 0 aliphatic rings. The number of aromatic nitrogens is 1. The number of halogens is 2. The molecule has 0 fully saturated rings. The number of benzene rings is 1. The lowest BCUT2D eigenvalue weighted by molar-refractivity contribution is 0.101. The molecule has 6 heteroatoms. The van der Waals surface area contributed by atoms with Crippen molar-refractivity contribution < 1.29 is 9.18 Å². The standard InChI is InChI=1S/C15H13ClFN3O/c1-20-9-11(16)7-14(20)15(21)19-12-5-4-10(3-2-6-18)13(17)8-12/h4-5,7-9H,6,18H2,1H3,(H,19,21). The van der Waals surface area contributed by atoms with Gasteiger partial charge < -0.3 is 15.6 Å². The summed E-state index contributed by atoms with van der Waals surface area (Å²) in [6.45, 7) is 0.159. The molecule has 0 spiro atoms. The largest absolute Gasteiger partial charge is 0.345 e. The molecule has 0 bridgehead atoms. The highest BCUT2D eigenvalue weighted by Gasteiger charge is 2.12. The summed E-state index contributed by atoms with van der Waals surface area (Å²) in [6.07, 6.45) is 1.61. The normalized spacial score (nSPS) is 9.90. The molecule has 4 nitrogen and oxygen atoms in total. The molecule has 0 atom stereocenters. The minimum absolute atomic E-state index is 0.159. The van der Waals surface area contributed by atoms with Crippen LogP contribution in [0.1, 0.15) is 16.1 Å². The third-order valence-electron chi connectivity index (χ3n) is 2.76. The molecule has 2 aromatic rings. The molecule has 0 unspecified atom stereocenters. The summed E-state index contributed by atoms with van der Waals surface area (Å²) < 4.78 is 15.4. The van der Waals surface area contributed by atoms with Gasteiger partial charge in [-0.25, -0.2) is 4.39 Å². The van der Waals surface area contributed by atoms with Gasteiger partial charge in [0.25, 0.3) is 5.91 Å². The van der Waals surface area contributed by atoms with Crippen molar-refractivity contribution in [3.63, 3.8) is 0 Å². The van der Waals surface area contributed by atoms with Crippen LogP contribution in [0, 0.1) is 17.7 Å². The molecule has 0 aliphatic carbocycles. The minimum Gasteiger partial charge on any atom is -0.345 e. The van der Waals surface area contributed by atoms with Crippen LogP contribution in [0.15, 0.2) is 30.5 Å². The Hall–Kier alpha value is -2.29. The molecule has 2 rings (SSSR count). The van der Waals surface area contributed by atoms with Crippen LogP contribution < -0.4 is 11.1 Å². The minimum atomic E-state index is -0.515. The van der Waals surface area contributed by atoms with Gasteiger partial charge >= 0.3 is 0 Å². The number of amides is 1. The summed E-state index contributed by atoms with van der Waals surface area (Å²) in [5, 5.41) is 3.06. The van der Waals surface area contributed by atoms with Gasteiger partial charge in [-0.2, -0.15) is 0 Å². The number of anilines is 1. The van der Waals surface area contributed by atoms with Gasteiger partial charge in [0.15, 0.2) is 0 Å². The quantitative estimate of drug-likeness (QED) is 0.837. The molecule has 0 radical (unpaired) electrons. The molecule has 0 saturated heterocycles. The number of hydrogen-bond donors (Lipinski definition) is 2. The van der Waals surface area contributed by atoms with Gasteiger partial charge in [0, 0.05) is 18.9 Å². The van der Waals surface area contributed by atoms with Gasteiger partial charge in [-0.05, 0) is 24.3 Å². The topological polar surface area (TPSA) is 60.0 Å². The van der Waals surface area contributed by atoms with Crippen LogP contribution in [0.3, 0.4) is 0 Å². The van der Waals surface area contributed by atoms with Crippen LogP contribution in [0.2, 0.25) is 5.02 Å². The van der Waals surface area contributed by atoms with Crippen molar-refractivity contribution in [1.29, 1.82) is 0 Å². The van der Waals surface area contributed by atoms with E-state index >= 15 is 0 Å². The maximum atomic E-state index is 13.8. The third kappa shape index (κ3) is 3.63. The van der Waals surface area contributed by atoms with Crippen molar-refractivity contribution in [3.05, 3.63) is 52.6 Å². The Bertz CT molecular complexity index is 743. The van der Waals surface area contributed by atoms with E-state index < -0.39 is 5.82 Å². The average Bonchev–Trinajstić information content (AvgIpc) is 2.77. The maximum absolute atomic E-state index is 13.8. The number of nitrogens with two attached hydrogens (primary N) is 1. The van der Waals surface area contributed by atoms with Crippen LogP contribution in [-0.2, 0) is 7.05 Å². The van der Waals surface area contributed by atoms with E-state index in [-0.39, 0.29) is 18.0 Å². The lowest BCUT2D eigenvalue weighted by atomic mass is 10.2. The van der Waals surface area contributed by atoms with Crippen molar-refractivity contribution in [2.24, 2.45) is 12.8 Å². The number of rotatable bonds is 2. The fourth-order valence-electron chi connectivity index (χ4n) is 1.79. The van der Waals surface area contributed by atoms with E-state index in [4.69, 9.17) is 17.3 Å². The molecule has 21 heavy (non-hydrogen) atoms. The summed E-state index contributed by atoms with van der Waals surface area (Å²) in [5.41, 5.74) is 6.20. The summed E-state index contributed by atoms with van der Waals surface area (Å²) >= 11 is 5.82. The fraction of sp³-hybridized carbons (Fsp3) is 0.133. The summed E-state index contributed by atoms with van der Waals surface area (Å²) in [5.74, 6) is 4.30. The van der Waals surface area contributed by atoms with Gasteiger partial charge in [-0.15, -0.1) is 0 Å². The van der Waals surface area contributed by atoms with Gasteiger partial charge in [-0.1, -0.05) is 23.4 Å². The highest BCUT2D eigenvalue weighted by Crippen LogP contribution is 2.17. The molecular weight excluding hydrogens is 293 g/mol. The molecule has 3 N–H and O–H groups in total. The van der Waals surface area contributed by atoms with Gasteiger partial charge in [-0.3, -0.25) is 4.79 Å². The van der Waals surface area contributed by atoms with Crippen LogP contribution in [0.4, 0.5) is 10.1 Å². The Labute approximate surface area is 126 Å². The van der Waals surface area contributed by atoms with Gasteiger partial charge in [0.2, 0.25) is 0 Å². The van der Waals surface area contributed by atoms with E-state index in [1.165, 1.54) is 18.2 Å². The van der Waals surface area contributed by atoms with Crippen LogP contribution in [0.25, 0.3) is 0 Å². The van der Waals surface area contributed by atoms with Crippen LogP contribution in [-0.4, -0.2) is 17.0 Å². The second-order valence-electron chi connectivity index (χ2n) is 4.31. The Morgan fingerprint density at radius 2 is 2.24 bits per heavy atom. The van der Waals surface area contributed by atoms with Gasteiger partial charge in [0.05, 0.1) is 17.1 Å². The molecular formula is C15H13ClFN3O. The number of hydrogen-bond acceptors (Lipinski definition) is 2. The summed E-state index contributed by atoms with van der Waals surface area (Å²) in [7, 11) is 1.70. The van der Waals surface area contributed by atoms with E-state index in [2.05, 4.69) is 17.2 Å². The molecule has 1 heterocycles. The molecule has 1 aromatic carbocycles. The van der Waals surface area contributed by atoms with Crippen molar-refractivity contribution in [2.45, 2.75) is 0 Å². The Morgan fingerprint density at radius 3 is 2.81 bits per heavy atom. The second-order valence-corrected chi connectivity index (χ2v) is 4.75. The number of nitrogens with one attached hydrogen (secondary N) is 1. The molecule has 1 amide bonds. The zero-order chi connectivity index (χ0) is 15.4. The van der Waals surface area contributed by atoms with E-state index in [9.17, 15) is 9.18 Å². The first kappa shape index (κ1) is 15.1. The zero-order valence-corrected chi connectivity index (χ0v) is 12.0. The first-order valence-electron chi connectivity index (χ1n) is 6.13. The summed E-state index contributed by atoms with van der Waals surface area (Å²) in [6, 6.07) is 5.81. The van der Waals surface area contributed by atoms with E-state index in [0.717, 1.165) is 0 Å². The molecule has 0 saturated carbocycles. The SMILES string of the molecule is Cn1cc(Cl)cc1C(=O)Nc1ccc(C#CCN)c(F)c1. The zero-order valence-electron chi connectivity index (χ0n) is 11.3. The van der Waals surface area contributed by atoms with E-state index in [0.29, 0.717) is 16.4 Å². The highest BCUT2D eigenvalue weighted by atomic mass is 35.5. The van der Waals surface area contributed by atoms with Crippen molar-refractivity contribution in [1.82, 2.24) is 4.57 Å². The van der Waals surface area contributed by atoms with Crippen LogP contribution in [0.5, 0.6) is 0 Å². The Balaban J connectivity index is 2.18. The lowest BCUT2D eigenvalue weighted by Crippen LogP contribution is -2.15. The number of carbonyl (C=O) groups excluding carboxylic acids is 1. The predicted molar refractivity (Wildman–Crippen MR) is 80.7 cm³/mol. The Morgan fingerprint density at radius 1 is 1.48 bits per heavy atom. The molecule has 0 aliphatic heterocycles. The van der Waals surface area contributed by atoms with Gasteiger partial charge in [0.1, 0.15) is 11.5 Å². The predicted octanol–water partition coefficient (Wildman–Crippen LogP) is 2.38. The monoisotopic (exact) mass is 305 g/mol. The number of nitrogens with zero attached hydrogens (tertiary/aromatic N) is 1. The molecule has 1 aromatic heterocycles. The molecule has 108 valence electrons. The number of aryl methyl sites for hydroxylation is 1. The number of carbonyl (C=O) groups is 1. The van der Waals surface area contributed by atoms with Crippen LogP contribution >= 0.6 is 11.6 Å². The first-order chi connectivity index (χ1) is 10.0. The van der Waals surface area contributed by atoms with Crippen molar-refractivity contribution in [2.75, 3.05) is 11.9 Å². The van der Waals surface area contributed by atoms with Crippen molar-refractivity contribution >= 4 is 23.2 Å². The van der Waals surface area contributed by atoms with E-state index in [1.807, 2.05) is 0 Å². The maximum Gasteiger partial charge on any atom is 0.272 e. The lowest BCUT2D eigenvalue weighted by Gasteiger charge is -2.06. The summed E-state index contributed by atoms with van der Waals surface area (Å²) in [4.78, 5) is 12.1. The first-order valence-corrected chi connectivity index (χ1v) is 6.50.